The molecule has 84 valence electrons. The van der Waals surface area contributed by atoms with Gasteiger partial charge in [0.05, 0.1) is 0 Å². The molecular weight excluding hydrogens is 231 g/mol. The molecule has 0 bridgehead atoms. The molecule has 0 saturated heterocycles. The summed E-state index contributed by atoms with van der Waals surface area (Å²) >= 11 is 0. The van der Waals surface area contributed by atoms with E-state index in [4.69, 9.17) is 0 Å². The molecule has 1 N–H and O–H groups in total. The van der Waals surface area contributed by atoms with Gasteiger partial charge in [0.1, 0.15) is 0 Å². The van der Waals surface area contributed by atoms with Gasteiger partial charge in [-0.1, -0.05) is 0 Å². The first-order valence-electron chi connectivity index (χ1n) is 5.07. The zero-order valence-electron chi connectivity index (χ0n) is 8.75. The van der Waals surface area contributed by atoms with E-state index in [0.29, 0.717) is 6.04 Å². The Balaban J connectivity index is 0.000000562. The number of hydrogen-bond acceptors (Lipinski definition) is 2. The third-order valence-corrected chi connectivity index (χ3v) is 3.31. The predicted molar refractivity (Wildman–Crippen MR) is 66.0 cm³/mol. The van der Waals surface area contributed by atoms with E-state index in [1.54, 1.807) is 0 Å². The number of pyridine rings is 1. The SMILES string of the molecule is Cc1cnc2c3c1CN[C@@H]3CCC2.Cl.Cl. The van der Waals surface area contributed by atoms with Crippen LogP contribution in [-0.2, 0) is 13.0 Å². The van der Waals surface area contributed by atoms with Crippen LogP contribution in [0.3, 0.4) is 0 Å². The first-order valence-corrected chi connectivity index (χ1v) is 5.07. The third kappa shape index (κ3) is 1.86. The van der Waals surface area contributed by atoms with Gasteiger partial charge in [-0.25, -0.2) is 0 Å². The van der Waals surface area contributed by atoms with Gasteiger partial charge in [0, 0.05) is 24.5 Å². The number of halogens is 2. The summed E-state index contributed by atoms with van der Waals surface area (Å²) in [6.07, 6.45) is 5.80. The number of aromatic nitrogens is 1. The largest absolute Gasteiger partial charge is 0.306 e. The normalized spacial score (nSPS) is 21.3. The standard InChI is InChI=1S/C11H14N2.2ClH/c1-7-5-12-9-3-2-4-10-11(9)8(7)6-13-10;;/h5,10,13H,2-4,6H2,1H3;2*1H/t10-;;/m1../s1. The number of rotatable bonds is 0. The summed E-state index contributed by atoms with van der Waals surface area (Å²) in [5, 5.41) is 3.56. The maximum atomic E-state index is 4.53. The Morgan fingerprint density at radius 3 is 3.00 bits per heavy atom. The Morgan fingerprint density at radius 2 is 2.20 bits per heavy atom. The molecule has 2 nitrogen and oxygen atoms in total. The predicted octanol–water partition coefficient (Wildman–Crippen LogP) is 2.71. The van der Waals surface area contributed by atoms with Crippen LogP contribution in [0.15, 0.2) is 6.20 Å². The van der Waals surface area contributed by atoms with Crippen molar-refractivity contribution < 1.29 is 0 Å². The molecule has 3 rings (SSSR count). The lowest BCUT2D eigenvalue weighted by Gasteiger charge is -2.20. The zero-order chi connectivity index (χ0) is 8.84. The van der Waals surface area contributed by atoms with Crippen molar-refractivity contribution in [2.75, 3.05) is 0 Å². The maximum Gasteiger partial charge on any atom is 0.0454 e. The highest BCUT2D eigenvalue weighted by Gasteiger charge is 2.29. The van der Waals surface area contributed by atoms with Gasteiger partial charge in [-0.05, 0) is 42.9 Å². The van der Waals surface area contributed by atoms with Gasteiger partial charge >= 0.3 is 0 Å². The third-order valence-electron chi connectivity index (χ3n) is 3.31. The van der Waals surface area contributed by atoms with Crippen LogP contribution in [-0.4, -0.2) is 4.98 Å². The van der Waals surface area contributed by atoms with Crippen LogP contribution in [0.25, 0.3) is 0 Å². The van der Waals surface area contributed by atoms with E-state index in [2.05, 4.69) is 17.2 Å². The Labute approximate surface area is 103 Å². The van der Waals surface area contributed by atoms with E-state index in [9.17, 15) is 0 Å². The van der Waals surface area contributed by atoms with Crippen LogP contribution in [0.4, 0.5) is 0 Å². The number of nitrogens with zero attached hydrogens (tertiary/aromatic N) is 1. The first kappa shape index (κ1) is 12.8. The van der Waals surface area contributed by atoms with E-state index in [1.807, 2.05) is 6.20 Å². The van der Waals surface area contributed by atoms with Gasteiger partial charge in [-0.2, -0.15) is 0 Å². The fourth-order valence-electron chi connectivity index (χ4n) is 2.60. The van der Waals surface area contributed by atoms with E-state index in [0.717, 1.165) is 6.54 Å². The van der Waals surface area contributed by atoms with E-state index >= 15 is 0 Å². The van der Waals surface area contributed by atoms with Crippen LogP contribution in [0.2, 0.25) is 0 Å². The van der Waals surface area contributed by atoms with Gasteiger partial charge in [0.2, 0.25) is 0 Å². The van der Waals surface area contributed by atoms with E-state index in [-0.39, 0.29) is 24.8 Å². The summed E-state index contributed by atoms with van der Waals surface area (Å²) < 4.78 is 0. The van der Waals surface area contributed by atoms with Crippen LogP contribution >= 0.6 is 24.8 Å². The molecule has 0 spiro atoms. The van der Waals surface area contributed by atoms with Crippen molar-refractivity contribution >= 4 is 24.8 Å². The quantitative estimate of drug-likeness (QED) is 0.762. The summed E-state index contributed by atoms with van der Waals surface area (Å²) in [6.45, 7) is 3.22. The van der Waals surface area contributed by atoms with Crippen molar-refractivity contribution in [3.63, 3.8) is 0 Å². The lowest BCUT2D eigenvalue weighted by Crippen LogP contribution is -2.17. The second-order valence-electron chi connectivity index (χ2n) is 4.11. The van der Waals surface area contributed by atoms with Gasteiger partial charge in [0.25, 0.3) is 0 Å². The molecule has 2 heterocycles. The molecule has 1 aromatic heterocycles. The zero-order valence-corrected chi connectivity index (χ0v) is 10.4. The summed E-state index contributed by atoms with van der Waals surface area (Å²) in [4.78, 5) is 4.53. The van der Waals surface area contributed by atoms with Crippen LogP contribution in [0, 0.1) is 6.92 Å². The highest BCUT2D eigenvalue weighted by molar-refractivity contribution is 5.85. The molecule has 4 heteroatoms. The highest BCUT2D eigenvalue weighted by atomic mass is 35.5. The second kappa shape index (κ2) is 4.69. The van der Waals surface area contributed by atoms with Gasteiger partial charge in [-0.3, -0.25) is 4.98 Å². The van der Waals surface area contributed by atoms with E-state index < -0.39 is 0 Å². The molecule has 0 fully saturated rings. The topological polar surface area (TPSA) is 24.9 Å². The van der Waals surface area contributed by atoms with Gasteiger partial charge in [-0.15, -0.1) is 24.8 Å². The number of aryl methyl sites for hydroxylation is 2. The Morgan fingerprint density at radius 1 is 1.40 bits per heavy atom. The Hall–Kier alpha value is -0.310. The minimum absolute atomic E-state index is 0. The minimum atomic E-state index is 0. The smallest absolute Gasteiger partial charge is 0.0454 e. The molecule has 1 aromatic rings. The van der Waals surface area contributed by atoms with Crippen molar-refractivity contribution in [3.05, 3.63) is 28.6 Å². The van der Waals surface area contributed by atoms with Gasteiger partial charge < -0.3 is 5.32 Å². The van der Waals surface area contributed by atoms with E-state index in [1.165, 1.54) is 41.6 Å². The van der Waals surface area contributed by atoms with Crippen molar-refractivity contribution in [3.8, 4) is 0 Å². The second-order valence-corrected chi connectivity index (χ2v) is 4.11. The summed E-state index contributed by atoms with van der Waals surface area (Å²) in [6, 6.07) is 0.617. The molecule has 0 radical (unpaired) electrons. The number of hydrogen-bond donors (Lipinski definition) is 1. The lowest BCUT2D eigenvalue weighted by atomic mass is 9.90. The average molecular weight is 247 g/mol. The molecule has 0 saturated carbocycles. The molecule has 2 aliphatic rings. The fourth-order valence-corrected chi connectivity index (χ4v) is 2.60. The fraction of sp³-hybridized carbons (Fsp3) is 0.545. The molecule has 1 aliphatic carbocycles. The molecule has 0 amide bonds. The first-order chi connectivity index (χ1) is 6.36. The van der Waals surface area contributed by atoms with Crippen LogP contribution in [0.1, 0.15) is 41.3 Å². The molecule has 0 unspecified atom stereocenters. The minimum Gasteiger partial charge on any atom is -0.306 e. The maximum absolute atomic E-state index is 4.53. The summed E-state index contributed by atoms with van der Waals surface area (Å²) in [7, 11) is 0. The molecule has 1 aliphatic heterocycles. The van der Waals surface area contributed by atoms with Crippen LogP contribution in [0.5, 0.6) is 0 Å². The van der Waals surface area contributed by atoms with Crippen molar-refractivity contribution in [2.24, 2.45) is 0 Å². The van der Waals surface area contributed by atoms with Crippen LogP contribution < -0.4 is 5.32 Å². The molecular formula is C11H16Cl2N2. The molecule has 15 heavy (non-hydrogen) atoms. The Kier molecular flexibility index (Phi) is 3.99. The monoisotopic (exact) mass is 246 g/mol. The number of nitrogens with one attached hydrogen (secondary N) is 1. The lowest BCUT2D eigenvalue weighted by molar-refractivity contribution is 0.493. The molecule has 1 atom stereocenters. The molecule has 0 aromatic carbocycles. The summed E-state index contributed by atoms with van der Waals surface area (Å²) in [5.74, 6) is 0. The highest BCUT2D eigenvalue weighted by Crippen LogP contribution is 2.36. The Bertz CT molecular complexity index is 366. The van der Waals surface area contributed by atoms with Crippen molar-refractivity contribution in [1.29, 1.82) is 0 Å². The van der Waals surface area contributed by atoms with Crippen molar-refractivity contribution in [2.45, 2.75) is 38.8 Å². The van der Waals surface area contributed by atoms with Crippen molar-refractivity contribution in [1.82, 2.24) is 10.3 Å². The van der Waals surface area contributed by atoms with Gasteiger partial charge in [0.15, 0.2) is 0 Å². The average Bonchev–Trinajstić information content (AvgIpc) is 2.57. The summed E-state index contributed by atoms with van der Waals surface area (Å²) in [5.41, 5.74) is 5.76.